The van der Waals surface area contributed by atoms with E-state index in [2.05, 4.69) is 10.4 Å². The van der Waals surface area contributed by atoms with Crippen LogP contribution in [0.5, 0.6) is 5.75 Å². The van der Waals surface area contributed by atoms with Crippen molar-refractivity contribution in [3.63, 3.8) is 0 Å². The van der Waals surface area contributed by atoms with Gasteiger partial charge in [-0.05, 0) is 45.0 Å². The number of hydrogen-bond donors (Lipinski definition) is 1. The zero-order valence-corrected chi connectivity index (χ0v) is 14.9. The minimum atomic E-state index is -3.26. The van der Waals surface area contributed by atoms with Gasteiger partial charge in [0, 0.05) is 18.4 Å². The first kappa shape index (κ1) is 18.0. The van der Waals surface area contributed by atoms with Crippen LogP contribution in [0.1, 0.15) is 26.8 Å². The third-order valence-electron chi connectivity index (χ3n) is 3.34. The van der Waals surface area contributed by atoms with Crippen LogP contribution in [-0.2, 0) is 14.6 Å². The fourth-order valence-electron chi connectivity index (χ4n) is 2.08. The highest BCUT2D eigenvalue weighted by Gasteiger charge is 2.17. The molecule has 2 aromatic rings. The Morgan fingerprint density at radius 3 is 2.33 bits per heavy atom. The topological polar surface area (TPSA) is 90.3 Å². The molecule has 1 N–H and O–H groups in total. The maximum Gasteiger partial charge on any atom is 0.266 e. The molecule has 0 fully saturated rings. The van der Waals surface area contributed by atoms with Gasteiger partial charge in [-0.3, -0.25) is 4.79 Å². The molecule has 1 heterocycles. The number of hydrogen-bond acceptors (Lipinski definition) is 5. The second-order valence-electron chi connectivity index (χ2n) is 5.75. The van der Waals surface area contributed by atoms with E-state index >= 15 is 0 Å². The zero-order chi connectivity index (χ0) is 17.9. The van der Waals surface area contributed by atoms with Crippen LogP contribution in [0.25, 0.3) is 0 Å². The highest BCUT2D eigenvalue weighted by atomic mass is 32.2. The predicted octanol–water partition coefficient (Wildman–Crippen LogP) is 2.27. The fraction of sp³-hybridized carbons (Fsp3) is 0.375. The SMILES string of the molecule is CC(Oc1ccc(S(C)(=O)=O)cc1)C(=O)Nc1ccnn1C(C)C. The van der Waals surface area contributed by atoms with Gasteiger partial charge < -0.3 is 10.1 Å². The molecule has 130 valence electrons. The molecule has 1 unspecified atom stereocenters. The van der Waals surface area contributed by atoms with Crippen LogP contribution in [0.15, 0.2) is 41.4 Å². The van der Waals surface area contributed by atoms with E-state index in [-0.39, 0.29) is 16.8 Å². The average molecular weight is 351 g/mol. The first-order chi connectivity index (χ1) is 11.2. The van der Waals surface area contributed by atoms with Crippen LogP contribution in [0.3, 0.4) is 0 Å². The molecule has 8 heteroatoms. The lowest BCUT2D eigenvalue weighted by atomic mass is 10.3. The van der Waals surface area contributed by atoms with Crippen LogP contribution >= 0.6 is 0 Å². The van der Waals surface area contributed by atoms with Gasteiger partial charge in [0.1, 0.15) is 11.6 Å². The van der Waals surface area contributed by atoms with Crippen molar-refractivity contribution in [3.8, 4) is 5.75 Å². The summed E-state index contributed by atoms with van der Waals surface area (Å²) in [6, 6.07) is 7.78. The van der Waals surface area contributed by atoms with Crippen LogP contribution in [0, 0.1) is 0 Å². The molecule has 24 heavy (non-hydrogen) atoms. The second kappa shape index (κ2) is 7.04. The molecular formula is C16H21N3O4S. The summed E-state index contributed by atoms with van der Waals surface area (Å²) in [5.41, 5.74) is 0. The third kappa shape index (κ3) is 4.35. The highest BCUT2D eigenvalue weighted by molar-refractivity contribution is 7.90. The Kier molecular flexibility index (Phi) is 5.28. The van der Waals surface area contributed by atoms with Gasteiger partial charge in [-0.1, -0.05) is 0 Å². The number of carbonyl (C=O) groups is 1. The second-order valence-corrected chi connectivity index (χ2v) is 7.76. The molecular weight excluding hydrogens is 330 g/mol. The van der Waals surface area contributed by atoms with Crippen LogP contribution in [0.2, 0.25) is 0 Å². The van der Waals surface area contributed by atoms with Gasteiger partial charge in [0.25, 0.3) is 5.91 Å². The number of amides is 1. The molecule has 2 rings (SSSR count). The summed E-state index contributed by atoms with van der Waals surface area (Å²) in [7, 11) is -3.26. The molecule has 0 saturated carbocycles. The number of nitrogens with one attached hydrogen (secondary N) is 1. The number of ether oxygens (including phenoxy) is 1. The molecule has 7 nitrogen and oxygen atoms in total. The molecule has 1 atom stereocenters. The van der Waals surface area contributed by atoms with E-state index in [4.69, 9.17) is 4.74 Å². The quantitative estimate of drug-likeness (QED) is 0.862. The molecule has 0 saturated heterocycles. The molecule has 0 radical (unpaired) electrons. The van der Waals surface area contributed by atoms with Crippen molar-refractivity contribution < 1.29 is 17.9 Å². The van der Waals surface area contributed by atoms with Gasteiger partial charge in [0.05, 0.1) is 11.1 Å². The lowest BCUT2D eigenvalue weighted by Crippen LogP contribution is -2.31. The lowest BCUT2D eigenvalue weighted by molar-refractivity contribution is -0.122. The van der Waals surface area contributed by atoms with E-state index in [1.807, 2.05) is 13.8 Å². The Morgan fingerprint density at radius 1 is 1.17 bits per heavy atom. The maximum absolute atomic E-state index is 12.2. The van der Waals surface area contributed by atoms with Crippen LogP contribution in [-0.4, -0.2) is 36.5 Å². The summed E-state index contributed by atoms with van der Waals surface area (Å²) >= 11 is 0. The van der Waals surface area contributed by atoms with Gasteiger partial charge in [0.15, 0.2) is 15.9 Å². The maximum atomic E-state index is 12.2. The normalized spacial score (nSPS) is 12.9. The summed E-state index contributed by atoms with van der Waals surface area (Å²) in [6.45, 7) is 5.55. The van der Waals surface area contributed by atoms with Crippen molar-refractivity contribution in [1.82, 2.24) is 9.78 Å². The Labute approximate surface area is 141 Å². The Hall–Kier alpha value is -2.35. The largest absolute Gasteiger partial charge is 0.481 e. The first-order valence-corrected chi connectivity index (χ1v) is 9.39. The molecule has 0 spiro atoms. The number of rotatable bonds is 6. The molecule has 1 amide bonds. The summed E-state index contributed by atoms with van der Waals surface area (Å²) < 4.78 is 30.1. The van der Waals surface area contributed by atoms with Crippen molar-refractivity contribution in [3.05, 3.63) is 36.5 Å². The first-order valence-electron chi connectivity index (χ1n) is 7.49. The number of benzene rings is 1. The minimum Gasteiger partial charge on any atom is -0.481 e. The highest BCUT2D eigenvalue weighted by Crippen LogP contribution is 2.18. The van der Waals surface area contributed by atoms with Crippen LogP contribution in [0.4, 0.5) is 5.82 Å². The summed E-state index contributed by atoms with van der Waals surface area (Å²) in [4.78, 5) is 12.4. The zero-order valence-electron chi connectivity index (χ0n) is 14.1. The number of carbonyl (C=O) groups excluding carboxylic acids is 1. The number of sulfone groups is 1. The van der Waals surface area contributed by atoms with E-state index < -0.39 is 15.9 Å². The average Bonchev–Trinajstić information content (AvgIpc) is 2.95. The minimum absolute atomic E-state index is 0.120. The van der Waals surface area contributed by atoms with E-state index in [0.717, 1.165) is 6.26 Å². The summed E-state index contributed by atoms with van der Waals surface area (Å²) in [5.74, 6) is 0.699. The lowest BCUT2D eigenvalue weighted by Gasteiger charge is -2.16. The molecule has 1 aromatic heterocycles. The molecule has 0 aliphatic rings. The van der Waals surface area contributed by atoms with Gasteiger partial charge in [-0.15, -0.1) is 0 Å². The van der Waals surface area contributed by atoms with Crippen molar-refractivity contribution in [2.45, 2.75) is 37.8 Å². The molecule has 1 aromatic carbocycles. The van der Waals surface area contributed by atoms with E-state index in [9.17, 15) is 13.2 Å². The summed E-state index contributed by atoms with van der Waals surface area (Å²) in [5, 5.41) is 6.92. The molecule has 0 aliphatic heterocycles. The number of anilines is 1. The Balaban J connectivity index is 2.02. The van der Waals surface area contributed by atoms with Gasteiger partial charge in [-0.25, -0.2) is 13.1 Å². The van der Waals surface area contributed by atoms with E-state index in [1.54, 1.807) is 23.9 Å². The van der Waals surface area contributed by atoms with Crippen LogP contribution < -0.4 is 10.1 Å². The number of nitrogens with zero attached hydrogens (tertiary/aromatic N) is 2. The van der Waals surface area contributed by atoms with Crippen molar-refractivity contribution in [2.75, 3.05) is 11.6 Å². The van der Waals surface area contributed by atoms with E-state index in [1.165, 1.54) is 24.3 Å². The number of aromatic nitrogens is 2. The van der Waals surface area contributed by atoms with Gasteiger partial charge >= 0.3 is 0 Å². The van der Waals surface area contributed by atoms with Crippen molar-refractivity contribution in [2.24, 2.45) is 0 Å². The third-order valence-corrected chi connectivity index (χ3v) is 4.47. The van der Waals surface area contributed by atoms with Crippen molar-refractivity contribution in [1.29, 1.82) is 0 Å². The monoisotopic (exact) mass is 351 g/mol. The smallest absolute Gasteiger partial charge is 0.266 e. The Bertz CT molecular complexity index is 810. The standard InChI is InChI=1S/C16H21N3O4S/c1-11(2)19-15(9-10-17-19)18-16(20)12(3)23-13-5-7-14(8-6-13)24(4,21)22/h5-12H,1-4H3,(H,18,20). The molecule has 0 aliphatic carbocycles. The van der Waals surface area contributed by atoms with Crippen molar-refractivity contribution >= 4 is 21.6 Å². The fourth-order valence-corrected chi connectivity index (χ4v) is 2.71. The molecule has 0 bridgehead atoms. The predicted molar refractivity (Wildman–Crippen MR) is 90.9 cm³/mol. The van der Waals surface area contributed by atoms with Gasteiger partial charge in [-0.2, -0.15) is 5.10 Å². The Morgan fingerprint density at radius 2 is 1.79 bits per heavy atom. The summed E-state index contributed by atoms with van der Waals surface area (Å²) in [6.07, 6.45) is 2.01. The van der Waals surface area contributed by atoms with E-state index in [0.29, 0.717) is 11.6 Å². The van der Waals surface area contributed by atoms with Gasteiger partial charge in [0.2, 0.25) is 0 Å².